The summed E-state index contributed by atoms with van der Waals surface area (Å²) in [6.45, 7) is 0. The fraction of sp³-hybridized carbons (Fsp3) is 0.118. The topological polar surface area (TPSA) is 75.8 Å². The number of carbonyl (C=O) groups excluding carboxylic acids is 2. The molecule has 2 aromatic carbocycles. The standard InChI is InChI=1S/C17H13Br2N3O2S/c18-10-1-5-12(6-2-10)21-17(20)25-14-9-15(23)22(16(14)24)13-7-3-11(19)4-8-13/h1-8,14H,9H2,(H2,20,21)/t14-/m0/s1. The van der Waals surface area contributed by atoms with Crippen molar-refractivity contribution < 1.29 is 9.59 Å². The van der Waals surface area contributed by atoms with Gasteiger partial charge in [0, 0.05) is 15.4 Å². The molecule has 0 aliphatic carbocycles. The van der Waals surface area contributed by atoms with Gasteiger partial charge in [-0.3, -0.25) is 9.59 Å². The van der Waals surface area contributed by atoms with Crippen LogP contribution in [0.25, 0.3) is 0 Å². The average molecular weight is 483 g/mol. The molecule has 2 aromatic rings. The molecule has 5 nitrogen and oxygen atoms in total. The van der Waals surface area contributed by atoms with Gasteiger partial charge in [-0.1, -0.05) is 43.6 Å². The van der Waals surface area contributed by atoms with E-state index in [2.05, 4.69) is 36.9 Å². The van der Waals surface area contributed by atoms with Gasteiger partial charge in [0.15, 0.2) is 5.17 Å². The lowest BCUT2D eigenvalue weighted by Crippen LogP contribution is -2.31. The van der Waals surface area contributed by atoms with Crippen LogP contribution in [-0.2, 0) is 9.59 Å². The Morgan fingerprint density at radius 2 is 1.60 bits per heavy atom. The molecule has 2 N–H and O–H groups in total. The number of anilines is 1. The summed E-state index contributed by atoms with van der Waals surface area (Å²) in [7, 11) is 0. The molecule has 0 spiro atoms. The molecule has 2 amide bonds. The van der Waals surface area contributed by atoms with Crippen LogP contribution in [0.2, 0.25) is 0 Å². The highest BCUT2D eigenvalue weighted by atomic mass is 79.9. The van der Waals surface area contributed by atoms with Crippen molar-refractivity contribution in [2.75, 3.05) is 4.90 Å². The summed E-state index contributed by atoms with van der Waals surface area (Å²) >= 11 is 7.81. The Kier molecular flexibility index (Phi) is 5.61. The summed E-state index contributed by atoms with van der Waals surface area (Å²) in [4.78, 5) is 30.3. The first kappa shape index (κ1) is 18.2. The lowest BCUT2D eigenvalue weighted by atomic mass is 10.3. The largest absolute Gasteiger partial charge is 0.378 e. The van der Waals surface area contributed by atoms with Gasteiger partial charge in [0.2, 0.25) is 11.8 Å². The lowest BCUT2D eigenvalue weighted by molar-refractivity contribution is -0.121. The van der Waals surface area contributed by atoms with Gasteiger partial charge >= 0.3 is 0 Å². The van der Waals surface area contributed by atoms with Crippen LogP contribution in [0, 0.1) is 0 Å². The third-order valence-corrected chi connectivity index (χ3v) is 5.56. The van der Waals surface area contributed by atoms with E-state index in [9.17, 15) is 9.59 Å². The number of rotatable bonds is 3. The Bertz CT molecular complexity index is 838. The number of imide groups is 1. The van der Waals surface area contributed by atoms with E-state index in [1.807, 2.05) is 24.3 Å². The van der Waals surface area contributed by atoms with Crippen molar-refractivity contribution in [3.63, 3.8) is 0 Å². The van der Waals surface area contributed by atoms with Gasteiger partial charge in [-0.2, -0.15) is 0 Å². The maximum absolute atomic E-state index is 12.6. The van der Waals surface area contributed by atoms with Crippen LogP contribution >= 0.6 is 43.6 Å². The third-order valence-electron chi connectivity index (χ3n) is 3.52. The predicted octanol–water partition coefficient (Wildman–Crippen LogP) is 4.22. The molecule has 0 saturated carbocycles. The first-order valence-electron chi connectivity index (χ1n) is 7.33. The highest BCUT2D eigenvalue weighted by Gasteiger charge is 2.40. The number of aliphatic imine (C=N–C) groups is 1. The summed E-state index contributed by atoms with van der Waals surface area (Å²) in [6, 6.07) is 14.4. The summed E-state index contributed by atoms with van der Waals surface area (Å²) in [5.74, 6) is -0.507. The highest BCUT2D eigenvalue weighted by molar-refractivity contribution is 9.10. The monoisotopic (exact) mass is 481 g/mol. The van der Waals surface area contributed by atoms with Crippen LogP contribution in [-0.4, -0.2) is 22.2 Å². The molecule has 0 bridgehead atoms. The second kappa shape index (κ2) is 7.72. The van der Waals surface area contributed by atoms with Crippen molar-refractivity contribution in [2.24, 2.45) is 10.7 Å². The van der Waals surface area contributed by atoms with E-state index in [4.69, 9.17) is 5.73 Å². The summed E-state index contributed by atoms with van der Waals surface area (Å²) in [5.41, 5.74) is 7.20. The number of nitrogens with zero attached hydrogens (tertiary/aromatic N) is 2. The number of amides is 2. The Morgan fingerprint density at radius 3 is 2.20 bits per heavy atom. The normalized spacial score (nSPS) is 18.1. The van der Waals surface area contributed by atoms with Crippen molar-refractivity contribution in [2.45, 2.75) is 11.7 Å². The van der Waals surface area contributed by atoms with Crippen LogP contribution in [0.15, 0.2) is 62.5 Å². The van der Waals surface area contributed by atoms with E-state index in [0.29, 0.717) is 11.4 Å². The molecule has 0 radical (unpaired) electrons. The quantitative estimate of drug-likeness (QED) is 0.403. The zero-order valence-corrected chi connectivity index (χ0v) is 16.8. The fourth-order valence-electron chi connectivity index (χ4n) is 2.37. The van der Waals surface area contributed by atoms with E-state index in [-0.39, 0.29) is 23.4 Å². The second-order valence-corrected chi connectivity index (χ2v) is 8.34. The van der Waals surface area contributed by atoms with Gasteiger partial charge in [0.25, 0.3) is 0 Å². The second-order valence-electron chi connectivity index (χ2n) is 5.28. The van der Waals surface area contributed by atoms with Crippen LogP contribution < -0.4 is 10.6 Å². The molecule has 25 heavy (non-hydrogen) atoms. The highest BCUT2D eigenvalue weighted by Crippen LogP contribution is 2.31. The lowest BCUT2D eigenvalue weighted by Gasteiger charge is -2.14. The molecule has 3 rings (SSSR count). The third kappa shape index (κ3) is 4.31. The number of benzene rings is 2. The van der Waals surface area contributed by atoms with Gasteiger partial charge in [-0.05, 0) is 48.5 Å². The number of thioether (sulfide) groups is 1. The van der Waals surface area contributed by atoms with Gasteiger partial charge < -0.3 is 5.73 Å². The van der Waals surface area contributed by atoms with Crippen LogP contribution in [0.1, 0.15) is 6.42 Å². The molecule has 1 heterocycles. The van der Waals surface area contributed by atoms with Crippen molar-refractivity contribution in [1.29, 1.82) is 0 Å². The minimum atomic E-state index is -0.560. The molecule has 1 aliphatic rings. The summed E-state index contributed by atoms with van der Waals surface area (Å²) in [5, 5.41) is -0.304. The number of hydrogen-bond donors (Lipinski definition) is 1. The van der Waals surface area contributed by atoms with Gasteiger partial charge in [0.1, 0.15) is 5.25 Å². The van der Waals surface area contributed by atoms with E-state index in [1.54, 1.807) is 24.3 Å². The van der Waals surface area contributed by atoms with E-state index in [1.165, 1.54) is 4.90 Å². The maximum atomic E-state index is 12.6. The molecule has 0 aromatic heterocycles. The average Bonchev–Trinajstić information content (AvgIpc) is 2.84. The zero-order valence-electron chi connectivity index (χ0n) is 12.9. The summed E-state index contributed by atoms with van der Waals surface area (Å²) in [6.07, 6.45) is 0.107. The van der Waals surface area contributed by atoms with Crippen molar-refractivity contribution in [3.8, 4) is 0 Å². The predicted molar refractivity (Wildman–Crippen MR) is 108 cm³/mol. The van der Waals surface area contributed by atoms with Crippen LogP contribution in [0.4, 0.5) is 11.4 Å². The minimum Gasteiger partial charge on any atom is -0.378 e. The van der Waals surface area contributed by atoms with Crippen molar-refractivity contribution >= 4 is 72.0 Å². The first-order chi connectivity index (χ1) is 11.9. The van der Waals surface area contributed by atoms with Gasteiger partial charge in [0.05, 0.1) is 11.4 Å². The zero-order chi connectivity index (χ0) is 18.0. The first-order valence-corrected chi connectivity index (χ1v) is 9.79. The van der Waals surface area contributed by atoms with E-state index >= 15 is 0 Å². The molecular weight excluding hydrogens is 470 g/mol. The molecule has 1 atom stereocenters. The molecular formula is C17H13Br2N3O2S. The van der Waals surface area contributed by atoms with Crippen molar-refractivity contribution in [1.82, 2.24) is 0 Å². The molecule has 0 unspecified atom stereocenters. The van der Waals surface area contributed by atoms with Gasteiger partial charge in [-0.15, -0.1) is 0 Å². The summed E-state index contributed by atoms with van der Waals surface area (Å²) < 4.78 is 1.83. The Labute approximate surface area is 165 Å². The SMILES string of the molecule is NC(=Nc1ccc(Br)cc1)S[C@H]1CC(=O)N(c2ccc(Br)cc2)C1=O. The number of carbonyl (C=O) groups is 2. The molecule has 8 heteroatoms. The number of hydrogen-bond acceptors (Lipinski definition) is 4. The molecule has 1 aliphatic heterocycles. The number of nitrogens with two attached hydrogens (primary N) is 1. The Hall–Kier alpha value is -1.64. The van der Waals surface area contributed by atoms with E-state index in [0.717, 1.165) is 20.7 Å². The molecule has 1 saturated heterocycles. The minimum absolute atomic E-state index is 0.107. The number of amidine groups is 1. The molecule has 1 fully saturated rings. The Morgan fingerprint density at radius 1 is 1.04 bits per heavy atom. The smallest absolute Gasteiger partial charge is 0.247 e. The fourth-order valence-corrected chi connectivity index (χ4v) is 3.78. The Balaban J connectivity index is 1.73. The van der Waals surface area contributed by atoms with Gasteiger partial charge in [-0.25, -0.2) is 9.89 Å². The van der Waals surface area contributed by atoms with Crippen LogP contribution in [0.5, 0.6) is 0 Å². The maximum Gasteiger partial charge on any atom is 0.247 e. The van der Waals surface area contributed by atoms with E-state index < -0.39 is 5.25 Å². The van der Waals surface area contributed by atoms with Crippen molar-refractivity contribution in [3.05, 3.63) is 57.5 Å². The molecule has 128 valence electrons. The van der Waals surface area contributed by atoms with Crippen LogP contribution in [0.3, 0.4) is 0 Å². The number of halogens is 2.